The quantitative estimate of drug-likeness (QED) is 0.135. The standard InChI is InChI=1S/C24H54NO3Si/c1-7-9-11-13-15-17-19-21-23-25(3,29(26-4,27-5)28-6)24-22-20-18-16-14-12-10-8-2/h7-24H2,1-6H3/q+1. The number of rotatable bonds is 22. The van der Waals surface area contributed by atoms with Crippen molar-refractivity contribution in [2.24, 2.45) is 0 Å². The van der Waals surface area contributed by atoms with Gasteiger partial charge in [0.2, 0.25) is 0 Å². The molecule has 0 aliphatic rings. The molecule has 0 rings (SSSR count). The Labute approximate surface area is 184 Å². The Bertz CT molecular complexity index is 323. The number of nitrogens with zero attached hydrogens (tertiary/aromatic N) is 1. The largest absolute Gasteiger partial charge is 0.783 e. The summed E-state index contributed by atoms with van der Waals surface area (Å²) < 4.78 is 18.5. The van der Waals surface area contributed by atoms with Crippen molar-refractivity contribution >= 4 is 8.97 Å². The van der Waals surface area contributed by atoms with Gasteiger partial charge in [-0.3, -0.25) is 0 Å². The molecular weight excluding hydrogens is 378 g/mol. The van der Waals surface area contributed by atoms with Crippen molar-refractivity contribution in [3.8, 4) is 0 Å². The van der Waals surface area contributed by atoms with Crippen LogP contribution in [-0.2, 0) is 13.3 Å². The van der Waals surface area contributed by atoms with Crippen molar-refractivity contribution < 1.29 is 17.4 Å². The summed E-state index contributed by atoms with van der Waals surface area (Å²) in [5.41, 5.74) is 0. The molecule has 0 N–H and O–H groups in total. The first-order valence-corrected chi connectivity index (χ1v) is 14.2. The van der Waals surface area contributed by atoms with Gasteiger partial charge in [0, 0.05) is 21.3 Å². The topological polar surface area (TPSA) is 27.7 Å². The van der Waals surface area contributed by atoms with E-state index in [-0.39, 0.29) is 0 Å². The molecule has 0 saturated heterocycles. The molecule has 0 saturated carbocycles. The molecule has 0 amide bonds. The first-order valence-electron chi connectivity index (χ1n) is 12.6. The summed E-state index contributed by atoms with van der Waals surface area (Å²) in [7, 11) is 4.87. The van der Waals surface area contributed by atoms with Gasteiger partial charge in [-0.15, -0.1) is 0 Å². The summed E-state index contributed by atoms with van der Waals surface area (Å²) >= 11 is 0. The minimum atomic E-state index is -2.71. The van der Waals surface area contributed by atoms with Gasteiger partial charge in [0.1, 0.15) is 0 Å². The molecule has 176 valence electrons. The van der Waals surface area contributed by atoms with E-state index in [9.17, 15) is 0 Å². The summed E-state index contributed by atoms with van der Waals surface area (Å²) in [6.45, 7) is 6.74. The van der Waals surface area contributed by atoms with E-state index in [4.69, 9.17) is 13.3 Å². The van der Waals surface area contributed by atoms with Crippen LogP contribution in [0, 0.1) is 0 Å². The predicted molar refractivity (Wildman–Crippen MR) is 128 cm³/mol. The van der Waals surface area contributed by atoms with E-state index in [1.807, 2.05) is 0 Å². The lowest BCUT2D eigenvalue weighted by molar-refractivity contribution is -0.840. The highest BCUT2D eigenvalue weighted by Gasteiger charge is 2.61. The van der Waals surface area contributed by atoms with Crippen molar-refractivity contribution in [2.45, 2.75) is 117 Å². The molecule has 0 aliphatic carbocycles. The van der Waals surface area contributed by atoms with Gasteiger partial charge in [0.15, 0.2) is 0 Å². The summed E-state index contributed by atoms with van der Waals surface area (Å²) in [5.74, 6) is 0. The van der Waals surface area contributed by atoms with Gasteiger partial charge in [0.25, 0.3) is 0 Å². The Morgan fingerprint density at radius 3 is 1.03 bits per heavy atom. The second-order valence-electron chi connectivity index (χ2n) is 8.93. The molecule has 0 atom stereocenters. The molecule has 0 radical (unpaired) electrons. The highest BCUT2D eigenvalue weighted by atomic mass is 28.4. The average Bonchev–Trinajstić information content (AvgIpc) is 2.73. The summed E-state index contributed by atoms with van der Waals surface area (Å²) in [6, 6.07) is 0. The maximum absolute atomic E-state index is 5.91. The summed E-state index contributed by atoms with van der Waals surface area (Å²) in [5, 5.41) is 0. The molecular formula is C24H54NO3Si+. The van der Waals surface area contributed by atoms with Gasteiger partial charge in [-0.1, -0.05) is 90.9 Å². The van der Waals surface area contributed by atoms with Gasteiger partial charge in [-0.05, 0) is 25.7 Å². The average molecular weight is 433 g/mol. The van der Waals surface area contributed by atoms with Crippen LogP contribution in [0.25, 0.3) is 0 Å². The van der Waals surface area contributed by atoms with Crippen molar-refractivity contribution in [3.63, 3.8) is 0 Å². The molecule has 0 spiro atoms. The molecule has 0 bridgehead atoms. The lowest BCUT2D eigenvalue weighted by Gasteiger charge is -2.43. The maximum Gasteiger partial charge on any atom is 0.783 e. The summed E-state index contributed by atoms with van der Waals surface area (Å²) in [6.07, 6.45) is 21.5. The zero-order valence-electron chi connectivity index (χ0n) is 20.9. The van der Waals surface area contributed by atoms with E-state index in [1.54, 1.807) is 21.3 Å². The monoisotopic (exact) mass is 432 g/mol. The smallest absolute Gasteiger partial charge is 0.328 e. The Kier molecular flexibility index (Phi) is 18.8. The lowest BCUT2D eigenvalue weighted by Crippen LogP contribution is -2.71. The zero-order chi connectivity index (χ0) is 21.8. The molecule has 0 unspecified atom stereocenters. The fourth-order valence-corrected chi connectivity index (χ4v) is 7.17. The third-order valence-electron chi connectivity index (χ3n) is 6.45. The Morgan fingerprint density at radius 2 is 0.759 bits per heavy atom. The van der Waals surface area contributed by atoms with Gasteiger partial charge in [0.05, 0.1) is 20.1 Å². The van der Waals surface area contributed by atoms with E-state index in [2.05, 4.69) is 20.9 Å². The Balaban J connectivity index is 4.41. The highest BCUT2D eigenvalue weighted by molar-refractivity contribution is 6.52. The maximum atomic E-state index is 5.91. The van der Waals surface area contributed by atoms with Crippen LogP contribution in [-0.4, -0.2) is 54.6 Å². The molecule has 0 heterocycles. The third kappa shape index (κ3) is 11.9. The van der Waals surface area contributed by atoms with E-state index < -0.39 is 8.97 Å². The first kappa shape index (κ1) is 29.1. The number of quaternary nitrogens is 1. The fraction of sp³-hybridized carbons (Fsp3) is 1.00. The van der Waals surface area contributed by atoms with Crippen LogP contribution < -0.4 is 0 Å². The highest BCUT2D eigenvalue weighted by Crippen LogP contribution is 2.25. The third-order valence-corrected chi connectivity index (χ3v) is 9.76. The normalized spacial score (nSPS) is 12.6. The number of hydrogen-bond acceptors (Lipinski definition) is 3. The van der Waals surface area contributed by atoms with E-state index in [0.29, 0.717) is 0 Å². The minimum absolute atomic E-state index is 0.808. The van der Waals surface area contributed by atoms with Crippen LogP contribution in [0.4, 0.5) is 0 Å². The molecule has 0 aromatic heterocycles. The lowest BCUT2D eigenvalue weighted by atomic mass is 10.1. The van der Waals surface area contributed by atoms with Gasteiger partial charge in [-0.25, -0.2) is 0 Å². The van der Waals surface area contributed by atoms with Crippen LogP contribution in [0.2, 0.25) is 0 Å². The van der Waals surface area contributed by atoms with E-state index in [0.717, 1.165) is 17.2 Å². The van der Waals surface area contributed by atoms with Crippen LogP contribution in [0.5, 0.6) is 0 Å². The Hall–Kier alpha value is 0.0569. The molecule has 29 heavy (non-hydrogen) atoms. The van der Waals surface area contributed by atoms with Crippen LogP contribution in [0.15, 0.2) is 0 Å². The number of hydrogen-bond donors (Lipinski definition) is 0. The molecule has 4 nitrogen and oxygen atoms in total. The first-order chi connectivity index (χ1) is 14.1. The minimum Gasteiger partial charge on any atom is -0.328 e. The fourth-order valence-electron chi connectivity index (χ4n) is 4.49. The molecule has 5 heteroatoms. The van der Waals surface area contributed by atoms with Crippen LogP contribution >= 0.6 is 0 Å². The van der Waals surface area contributed by atoms with Crippen LogP contribution in [0.1, 0.15) is 117 Å². The Morgan fingerprint density at radius 1 is 0.483 bits per heavy atom. The van der Waals surface area contributed by atoms with Crippen molar-refractivity contribution in [1.82, 2.24) is 0 Å². The summed E-state index contributed by atoms with van der Waals surface area (Å²) in [4.78, 5) is 0. The van der Waals surface area contributed by atoms with Crippen molar-refractivity contribution in [3.05, 3.63) is 0 Å². The van der Waals surface area contributed by atoms with E-state index in [1.165, 1.54) is 103 Å². The number of unbranched alkanes of at least 4 members (excludes halogenated alkanes) is 14. The van der Waals surface area contributed by atoms with Gasteiger partial charge < -0.3 is 17.4 Å². The predicted octanol–water partition coefficient (Wildman–Crippen LogP) is 7.09. The molecule has 0 aromatic carbocycles. The van der Waals surface area contributed by atoms with E-state index >= 15 is 0 Å². The van der Waals surface area contributed by atoms with Gasteiger partial charge >= 0.3 is 8.97 Å². The van der Waals surface area contributed by atoms with Crippen LogP contribution in [0.3, 0.4) is 0 Å². The second kappa shape index (κ2) is 18.8. The van der Waals surface area contributed by atoms with Crippen molar-refractivity contribution in [2.75, 3.05) is 41.5 Å². The zero-order valence-corrected chi connectivity index (χ0v) is 21.9. The SMILES string of the molecule is CCCCCCCCCC[N+](C)(CCCCCCCCCC)[Si](OC)(OC)OC. The molecule has 0 fully saturated rings. The molecule has 0 aliphatic heterocycles. The van der Waals surface area contributed by atoms with Gasteiger partial charge in [-0.2, -0.15) is 0 Å². The molecule has 0 aromatic rings. The second-order valence-corrected chi connectivity index (χ2v) is 12.3. The van der Waals surface area contributed by atoms with Crippen molar-refractivity contribution in [1.29, 1.82) is 0 Å².